The maximum atomic E-state index is 12.5. The lowest BCUT2D eigenvalue weighted by Crippen LogP contribution is -2.33. The Kier molecular flexibility index (Phi) is 4.22. The number of hydrogen-bond acceptors (Lipinski definition) is 3. The standard InChI is InChI=1S/C13H17BrN2O3S/c1-4-8(2)16-7-9-5-10(14)6-11(12(9)13(16)17)20(18,19)15-3/h5-6,8,15H,4,7H2,1-3H3/t8-/m0/s1. The van der Waals surface area contributed by atoms with Crippen LogP contribution in [0.2, 0.25) is 0 Å². The minimum atomic E-state index is -3.66. The SMILES string of the molecule is CC[C@H](C)N1Cc2cc(Br)cc(S(=O)(=O)NC)c2C1=O. The van der Waals surface area contributed by atoms with E-state index in [0.29, 0.717) is 16.6 Å². The molecule has 1 amide bonds. The van der Waals surface area contributed by atoms with Gasteiger partial charge in [0.1, 0.15) is 0 Å². The molecule has 0 saturated heterocycles. The maximum Gasteiger partial charge on any atom is 0.256 e. The summed E-state index contributed by atoms with van der Waals surface area (Å²) in [5.41, 5.74) is 1.04. The van der Waals surface area contributed by atoms with Gasteiger partial charge in [0, 0.05) is 17.1 Å². The van der Waals surface area contributed by atoms with Crippen LogP contribution in [0.5, 0.6) is 0 Å². The summed E-state index contributed by atoms with van der Waals surface area (Å²) in [6.07, 6.45) is 0.828. The molecule has 5 nitrogen and oxygen atoms in total. The maximum absolute atomic E-state index is 12.5. The van der Waals surface area contributed by atoms with Crippen LogP contribution in [-0.4, -0.2) is 32.3 Å². The first-order valence-corrected chi connectivity index (χ1v) is 8.66. The number of benzene rings is 1. The number of rotatable bonds is 4. The van der Waals surface area contributed by atoms with Crippen molar-refractivity contribution in [2.45, 2.75) is 37.8 Å². The van der Waals surface area contributed by atoms with E-state index in [4.69, 9.17) is 0 Å². The molecule has 0 aromatic heterocycles. The van der Waals surface area contributed by atoms with Gasteiger partial charge >= 0.3 is 0 Å². The zero-order valence-electron chi connectivity index (χ0n) is 11.6. The van der Waals surface area contributed by atoms with Crippen LogP contribution in [0.15, 0.2) is 21.5 Å². The minimum absolute atomic E-state index is 0.0418. The molecule has 7 heteroatoms. The molecule has 110 valence electrons. The summed E-state index contributed by atoms with van der Waals surface area (Å²) in [5, 5.41) is 0. The van der Waals surface area contributed by atoms with Crippen molar-refractivity contribution in [3.8, 4) is 0 Å². The van der Waals surface area contributed by atoms with Gasteiger partial charge in [-0.3, -0.25) is 4.79 Å². The summed E-state index contributed by atoms with van der Waals surface area (Å²) in [6, 6.07) is 3.37. The molecule has 1 aliphatic rings. The number of hydrogen-bond donors (Lipinski definition) is 1. The Morgan fingerprint density at radius 1 is 1.45 bits per heavy atom. The molecule has 0 fully saturated rings. The Balaban J connectivity index is 2.61. The molecule has 1 aromatic carbocycles. The van der Waals surface area contributed by atoms with Gasteiger partial charge in [0.15, 0.2) is 0 Å². The molecule has 1 aliphatic heterocycles. The van der Waals surface area contributed by atoms with E-state index in [1.807, 2.05) is 19.9 Å². The molecule has 0 radical (unpaired) electrons. The Morgan fingerprint density at radius 3 is 2.65 bits per heavy atom. The second kappa shape index (κ2) is 5.46. The van der Waals surface area contributed by atoms with E-state index in [2.05, 4.69) is 20.7 Å². The fourth-order valence-corrected chi connectivity index (χ4v) is 3.95. The number of nitrogens with zero attached hydrogens (tertiary/aromatic N) is 1. The molecular weight excluding hydrogens is 344 g/mol. The molecule has 2 rings (SSSR count). The van der Waals surface area contributed by atoms with Gasteiger partial charge in [-0.15, -0.1) is 0 Å². The van der Waals surface area contributed by atoms with Gasteiger partial charge in [0.05, 0.1) is 10.5 Å². The predicted molar refractivity (Wildman–Crippen MR) is 80.0 cm³/mol. The first-order chi connectivity index (χ1) is 9.31. The second-order valence-electron chi connectivity index (χ2n) is 4.84. The summed E-state index contributed by atoms with van der Waals surface area (Å²) in [5.74, 6) is -0.212. The van der Waals surface area contributed by atoms with Crippen LogP contribution in [0.1, 0.15) is 36.2 Å². The highest BCUT2D eigenvalue weighted by Gasteiger charge is 2.35. The lowest BCUT2D eigenvalue weighted by atomic mass is 10.1. The Labute approximate surface area is 127 Å². The molecule has 20 heavy (non-hydrogen) atoms. The summed E-state index contributed by atoms with van der Waals surface area (Å²) in [7, 11) is -2.32. The molecule has 1 heterocycles. The third kappa shape index (κ3) is 2.49. The first kappa shape index (κ1) is 15.5. The monoisotopic (exact) mass is 360 g/mol. The van der Waals surface area contributed by atoms with Crippen LogP contribution >= 0.6 is 15.9 Å². The van der Waals surface area contributed by atoms with Crippen LogP contribution in [0, 0.1) is 0 Å². The van der Waals surface area contributed by atoms with Crippen molar-refractivity contribution >= 4 is 31.9 Å². The van der Waals surface area contributed by atoms with Crippen molar-refractivity contribution in [2.75, 3.05) is 7.05 Å². The zero-order valence-corrected chi connectivity index (χ0v) is 14.0. The number of halogens is 1. The molecular formula is C13H17BrN2O3S. The van der Waals surface area contributed by atoms with Gasteiger partial charge in [-0.1, -0.05) is 22.9 Å². The van der Waals surface area contributed by atoms with E-state index >= 15 is 0 Å². The minimum Gasteiger partial charge on any atom is -0.332 e. The van der Waals surface area contributed by atoms with Crippen LogP contribution in [-0.2, 0) is 16.6 Å². The van der Waals surface area contributed by atoms with E-state index in [1.54, 1.807) is 4.90 Å². The summed E-state index contributed by atoms with van der Waals surface area (Å²) < 4.78 is 27.1. The van der Waals surface area contributed by atoms with E-state index in [-0.39, 0.29) is 16.8 Å². The highest BCUT2D eigenvalue weighted by atomic mass is 79.9. The van der Waals surface area contributed by atoms with Crippen LogP contribution in [0.3, 0.4) is 0 Å². The Morgan fingerprint density at radius 2 is 2.10 bits per heavy atom. The fraction of sp³-hybridized carbons (Fsp3) is 0.462. The highest BCUT2D eigenvalue weighted by molar-refractivity contribution is 9.10. The van der Waals surface area contributed by atoms with Crippen molar-refractivity contribution in [2.24, 2.45) is 0 Å². The fourth-order valence-electron chi connectivity index (χ4n) is 2.30. The summed E-state index contributed by atoms with van der Waals surface area (Å²) in [6.45, 7) is 4.42. The van der Waals surface area contributed by atoms with Gasteiger partial charge in [-0.25, -0.2) is 13.1 Å². The van der Waals surface area contributed by atoms with E-state index in [0.717, 1.165) is 12.0 Å². The number of amides is 1. The van der Waals surface area contributed by atoms with E-state index < -0.39 is 10.0 Å². The van der Waals surface area contributed by atoms with Gasteiger partial charge < -0.3 is 4.90 Å². The predicted octanol–water partition coefficient (Wildman–Crippen LogP) is 2.11. The van der Waals surface area contributed by atoms with E-state index in [1.165, 1.54) is 13.1 Å². The lowest BCUT2D eigenvalue weighted by molar-refractivity contribution is 0.0710. The Bertz CT molecular complexity index is 658. The van der Waals surface area contributed by atoms with Gasteiger partial charge in [-0.05, 0) is 38.1 Å². The molecule has 0 saturated carbocycles. The van der Waals surface area contributed by atoms with Crippen molar-refractivity contribution in [1.29, 1.82) is 0 Å². The largest absolute Gasteiger partial charge is 0.332 e. The average Bonchev–Trinajstić information content (AvgIpc) is 2.74. The number of nitrogens with one attached hydrogen (secondary N) is 1. The lowest BCUT2D eigenvalue weighted by Gasteiger charge is -2.22. The van der Waals surface area contributed by atoms with Gasteiger partial charge in [0.2, 0.25) is 10.0 Å². The molecule has 1 atom stereocenters. The third-order valence-corrected chi connectivity index (χ3v) is 5.54. The first-order valence-electron chi connectivity index (χ1n) is 6.38. The van der Waals surface area contributed by atoms with Crippen molar-refractivity contribution in [3.63, 3.8) is 0 Å². The molecule has 0 bridgehead atoms. The van der Waals surface area contributed by atoms with Gasteiger partial charge in [0.25, 0.3) is 5.91 Å². The molecule has 0 aliphatic carbocycles. The highest BCUT2D eigenvalue weighted by Crippen LogP contribution is 2.33. The van der Waals surface area contributed by atoms with E-state index in [9.17, 15) is 13.2 Å². The number of carbonyl (C=O) groups is 1. The Hall–Kier alpha value is -0.920. The second-order valence-corrected chi connectivity index (χ2v) is 7.61. The number of fused-ring (bicyclic) bond motifs is 1. The number of sulfonamides is 1. The van der Waals surface area contributed by atoms with Crippen LogP contribution in [0.25, 0.3) is 0 Å². The zero-order chi connectivity index (χ0) is 15.1. The normalized spacial score (nSPS) is 16.4. The smallest absolute Gasteiger partial charge is 0.256 e. The third-order valence-electron chi connectivity index (χ3n) is 3.65. The molecule has 1 aromatic rings. The average molecular weight is 361 g/mol. The quantitative estimate of drug-likeness (QED) is 0.893. The van der Waals surface area contributed by atoms with Crippen molar-refractivity contribution in [1.82, 2.24) is 9.62 Å². The molecule has 1 N–H and O–H groups in total. The van der Waals surface area contributed by atoms with Crippen molar-refractivity contribution in [3.05, 3.63) is 27.7 Å². The summed E-state index contributed by atoms with van der Waals surface area (Å²) in [4.78, 5) is 14.3. The van der Waals surface area contributed by atoms with Crippen LogP contribution in [0.4, 0.5) is 0 Å². The van der Waals surface area contributed by atoms with Crippen LogP contribution < -0.4 is 4.72 Å². The topological polar surface area (TPSA) is 66.5 Å². The summed E-state index contributed by atoms with van der Waals surface area (Å²) >= 11 is 3.31. The number of carbonyl (C=O) groups excluding carboxylic acids is 1. The van der Waals surface area contributed by atoms with Crippen molar-refractivity contribution < 1.29 is 13.2 Å². The van der Waals surface area contributed by atoms with Gasteiger partial charge in [-0.2, -0.15) is 0 Å². The molecule has 0 spiro atoms. The molecule has 0 unspecified atom stereocenters.